The van der Waals surface area contributed by atoms with E-state index in [0.717, 1.165) is 220 Å². The molecule has 3 amide bonds. The van der Waals surface area contributed by atoms with Crippen molar-refractivity contribution < 1.29 is 27.4 Å². The van der Waals surface area contributed by atoms with Crippen LogP contribution >= 0.6 is 22.9 Å². The largest absolute Gasteiger partial charge is 0.375 e. The maximum absolute atomic E-state index is 14.0. The van der Waals surface area contributed by atoms with Crippen LogP contribution in [0.3, 0.4) is 0 Å². The highest BCUT2D eigenvalue weighted by Gasteiger charge is 2.29. The number of piperazine rings is 1. The van der Waals surface area contributed by atoms with Crippen molar-refractivity contribution in [2.24, 2.45) is 11.5 Å². The van der Waals surface area contributed by atoms with Crippen molar-refractivity contribution in [2.45, 2.75) is 85.2 Å². The van der Waals surface area contributed by atoms with Crippen molar-refractivity contribution in [1.82, 2.24) is 109 Å². The van der Waals surface area contributed by atoms with Gasteiger partial charge in [-0.25, -0.2) is 48.2 Å². The number of amides is 3. The van der Waals surface area contributed by atoms with Gasteiger partial charge in [0.25, 0.3) is 5.91 Å². The molecule has 0 saturated carbocycles. The summed E-state index contributed by atoms with van der Waals surface area (Å²) in [5.74, 6) is 2.65. The minimum Gasteiger partial charge on any atom is -0.375 e. The lowest BCUT2D eigenvalue weighted by Crippen LogP contribution is -2.46. The Morgan fingerprint density at radius 3 is 1.92 bits per heavy atom. The highest BCUT2D eigenvalue weighted by atomic mass is 35.5. The fourth-order valence-electron chi connectivity index (χ4n) is 17.7. The van der Waals surface area contributed by atoms with Crippen molar-refractivity contribution in [3.8, 4) is 102 Å². The summed E-state index contributed by atoms with van der Waals surface area (Å²) in [7, 11) is -1.03. The van der Waals surface area contributed by atoms with Gasteiger partial charge < -0.3 is 47.3 Å². The molecule has 10 N–H and O–H groups in total. The molecule has 0 spiro atoms. The number of hydrogen-bond donors (Lipinski definition) is 8. The minimum absolute atomic E-state index is 0.249. The average molecular weight is 2050 g/mol. The first kappa shape index (κ1) is 101. The second kappa shape index (κ2) is 45.8. The number of carbonyl (C=O) groups excluding carboxylic acids is 3. The molecule has 0 aliphatic carbocycles. The molecule has 0 bridgehead atoms. The number of aromatic nitrogens is 21. The van der Waals surface area contributed by atoms with Crippen LogP contribution in [0.5, 0.6) is 0 Å². The number of para-hydroxylation sites is 2. The number of aromatic amines is 3. The van der Waals surface area contributed by atoms with E-state index in [1.807, 2.05) is 211 Å². The molecular weight excluding hydrogens is 1950 g/mol. The number of nitrogens with one attached hydrogen (secondary N) is 6. The van der Waals surface area contributed by atoms with E-state index in [2.05, 4.69) is 107 Å². The van der Waals surface area contributed by atoms with Crippen LogP contribution in [0.1, 0.15) is 102 Å². The molecule has 32 nitrogen and oxygen atoms in total. The van der Waals surface area contributed by atoms with Gasteiger partial charge in [-0.2, -0.15) is 10.2 Å². The van der Waals surface area contributed by atoms with Crippen molar-refractivity contribution >= 4 is 107 Å². The van der Waals surface area contributed by atoms with Crippen LogP contribution in [-0.4, -0.2) is 170 Å². The second-order valence-electron chi connectivity index (χ2n) is 35.6. The van der Waals surface area contributed by atoms with Gasteiger partial charge in [0, 0.05) is 177 Å². The maximum Gasteiger partial charge on any atom is 0.267 e. The topological polar surface area (TPSA) is 426 Å². The smallest absolute Gasteiger partial charge is 0.267 e. The lowest BCUT2D eigenvalue weighted by atomic mass is 9.95. The van der Waals surface area contributed by atoms with Crippen LogP contribution in [-0.2, 0) is 36.7 Å². The van der Waals surface area contributed by atoms with Crippen molar-refractivity contribution in [3.63, 3.8) is 0 Å². The quantitative estimate of drug-likeness (QED) is 0.0278. The molecule has 37 heteroatoms. The Hall–Kier alpha value is -17.9. The van der Waals surface area contributed by atoms with E-state index in [4.69, 9.17) is 48.1 Å². The third-order valence-electron chi connectivity index (χ3n) is 25.0. The second-order valence-corrected chi connectivity index (χ2v) is 38.4. The van der Waals surface area contributed by atoms with Gasteiger partial charge in [0.2, 0.25) is 11.8 Å². The number of primary amides is 2. The Balaban J connectivity index is 0.000000118. The van der Waals surface area contributed by atoms with Crippen LogP contribution < -0.4 is 32.3 Å². The van der Waals surface area contributed by atoms with Crippen LogP contribution in [0.25, 0.3) is 129 Å². The normalized spacial score (nSPS) is 12.3. The van der Waals surface area contributed by atoms with Crippen LogP contribution in [0.15, 0.2) is 297 Å². The Labute approximate surface area is 872 Å². The highest BCUT2D eigenvalue weighted by molar-refractivity contribution is 7.84. The number of nitrogens with zero attached hydrogens (tertiary/aromatic N) is 20. The molecule has 21 aromatic rings. The van der Waals surface area contributed by atoms with E-state index in [0.29, 0.717) is 73.8 Å². The van der Waals surface area contributed by atoms with Gasteiger partial charge in [-0.05, 0) is 241 Å². The number of hydrogen-bond acceptors (Lipinski definition) is 25. The molecule has 1 unspecified atom stereocenters. The first-order chi connectivity index (χ1) is 72.9. The highest BCUT2D eigenvalue weighted by Crippen LogP contribution is 2.42. The molecule has 23 rings (SSSR count). The lowest BCUT2D eigenvalue weighted by Gasteiger charge is -2.35. The third-order valence-corrected chi connectivity index (χ3v) is 27.2. The molecule has 2 aliphatic heterocycles. The number of benzene rings is 7. The van der Waals surface area contributed by atoms with Crippen LogP contribution in [0.4, 0.5) is 36.9 Å². The molecule has 14 aromatic heterocycles. The number of pyridine rings is 6. The average Bonchev–Trinajstić information content (AvgIpc) is 1.57. The molecule has 1 fully saturated rings. The molecular formula is C113H101ClF2N28O4S2. The fraction of sp³-hybridized carbons (Fsp3) is 0.159. The minimum atomic E-state index is -1.03. The van der Waals surface area contributed by atoms with Crippen molar-refractivity contribution in [1.29, 1.82) is 0 Å². The van der Waals surface area contributed by atoms with Gasteiger partial charge in [-0.1, -0.05) is 103 Å². The maximum atomic E-state index is 14.0. The standard InChI is InChI=1S/C25H20N6O.C23H28ClN7OS.C22H18FN7.C22H19N5O.C21H16FN3OS/c1-15-4-2-7-20(29-15)24-23(17-8-9-19-21(14-17)28-11-10-27-19)30-22(31-24)13-16-5-3-6-18(12-16)25(26)32;1-4-8-30-9-11-31(12-10-30)20-13-19(26-16(3)27-20)28-23-25-14-18(33-23)22(32)29-21-15(2)6-5-7-17(21)24;1-14-5-4-8-18(27-14)22-21(15-9-10-20-25-13-26-30(20)12-15)28-19(29-22)11-24-17-7-3-2-6-16(17)23;1-13-4-2-5-18(25-13)21-20(19-6-3-11-27(19)26-21)15-9-10-24-17-8-7-14(22(23)28)12-16(15)17;1-27(26)18-8-4-16(5-9-18)21-24-19(14-2-6-17(22)7-3-14)20(25-21)15-10-12-23-13-11-15/h2-12,14H,13H2,1H3,(H2,26,32)(H,30,31);5-7,13-14H,4,8-12H2,1-3H3,(H,29,32)(H,25,26,27,28);2-10,12-13,24H,11H2,1H3,(H,28,29);2,4-5,7-10,12H,3,6,11H2,1H3,(H2,23,28);2-13H,1H3,(H,24,25). The van der Waals surface area contributed by atoms with E-state index in [1.165, 1.54) is 48.0 Å². The number of thiazole rings is 1. The Kier molecular flexibility index (Phi) is 30.8. The summed E-state index contributed by atoms with van der Waals surface area (Å²) in [5.41, 5.74) is 36.5. The molecule has 1 atom stereocenters. The lowest BCUT2D eigenvalue weighted by molar-refractivity contribution is 0.0992. The summed E-state index contributed by atoms with van der Waals surface area (Å²) in [4.78, 5) is 116. The number of rotatable bonds is 24. The fourth-order valence-corrected chi connectivity index (χ4v) is 19.2. The Bertz CT molecular complexity index is 8520. The summed E-state index contributed by atoms with van der Waals surface area (Å²) in [6.45, 7) is 18.2. The van der Waals surface area contributed by atoms with Gasteiger partial charge in [-0.3, -0.25) is 63.1 Å². The van der Waals surface area contributed by atoms with Crippen LogP contribution in [0.2, 0.25) is 5.02 Å². The molecule has 16 heterocycles. The zero-order chi connectivity index (χ0) is 104. The van der Waals surface area contributed by atoms with Gasteiger partial charge in [0.15, 0.2) is 10.8 Å². The number of anilines is 5. The molecule has 750 valence electrons. The Morgan fingerprint density at radius 2 is 1.20 bits per heavy atom. The molecule has 2 aliphatic rings. The molecule has 7 aromatic carbocycles. The number of H-pyrrole nitrogens is 3. The number of aryl methyl sites for hydroxylation is 6. The molecule has 1 saturated heterocycles. The van der Waals surface area contributed by atoms with Crippen molar-refractivity contribution in [2.75, 3.05) is 59.8 Å². The van der Waals surface area contributed by atoms with E-state index in [1.54, 1.807) is 103 Å². The van der Waals surface area contributed by atoms with E-state index < -0.39 is 22.6 Å². The number of carbonyl (C=O) groups is 3. The Morgan fingerprint density at radius 1 is 0.547 bits per heavy atom. The predicted octanol–water partition coefficient (Wildman–Crippen LogP) is 21.2. The SMILES string of the molecule is CCCN1CCN(c2cc(Nc3ncc(C(=O)Nc4c(C)cccc4Cl)s3)nc(C)n2)CC1.CS(=O)c1ccc(-c2nc(-c3ccc(F)cc3)c(-c3ccncc3)[nH]2)cc1.Cc1cccc(-c2[nH]c(CNc3ccccc3F)nc2-c2ccc3ncnn3c2)n1.Cc1cccc(-c2[nH]c(Cc3cccc(C(N)=O)c3)nc2-c2ccc3nccnc3c2)n1.Cc1cccc(-c2nn3c(c2-c2ccnc4ccc(C(N)=O)cc24)CCC3)n1. The van der Waals surface area contributed by atoms with Gasteiger partial charge >= 0.3 is 0 Å². The molecule has 150 heavy (non-hydrogen) atoms. The number of nitrogens with two attached hydrogens (primary N) is 2. The monoisotopic (exact) mass is 2050 g/mol. The van der Waals surface area contributed by atoms with E-state index in [-0.39, 0.29) is 17.5 Å². The zero-order valence-corrected chi connectivity index (χ0v) is 85.1. The van der Waals surface area contributed by atoms with Crippen molar-refractivity contribution in [3.05, 3.63) is 376 Å². The van der Waals surface area contributed by atoms with E-state index >= 15 is 0 Å². The summed E-state index contributed by atoms with van der Waals surface area (Å²) in [6, 6.07) is 73.6. The number of halogens is 3. The summed E-state index contributed by atoms with van der Waals surface area (Å²) in [6.07, 6.45) is 18.9. The summed E-state index contributed by atoms with van der Waals surface area (Å²) >= 11 is 7.49. The summed E-state index contributed by atoms with van der Waals surface area (Å²) < 4.78 is 42.7. The molecule has 0 radical (unpaired) electrons. The first-order valence-corrected chi connectivity index (χ1v) is 51.1. The predicted molar refractivity (Wildman–Crippen MR) is 583 cm³/mol. The number of fused-ring (bicyclic) bond motifs is 4. The van der Waals surface area contributed by atoms with Crippen LogP contribution in [0, 0.1) is 46.3 Å². The first-order valence-electron chi connectivity index (χ1n) is 48.4. The van der Waals surface area contributed by atoms with Gasteiger partial charge in [0.1, 0.15) is 63.5 Å². The third kappa shape index (κ3) is 23.8. The van der Waals surface area contributed by atoms with Gasteiger partial charge in [-0.15, -0.1) is 0 Å². The zero-order valence-electron chi connectivity index (χ0n) is 82.7. The van der Waals surface area contributed by atoms with Gasteiger partial charge in [0.05, 0.1) is 96.9 Å². The summed E-state index contributed by atoms with van der Waals surface area (Å²) in [5, 5.41) is 20.3. The van der Waals surface area contributed by atoms with E-state index in [9.17, 15) is 27.4 Å². The number of imidazole rings is 3.